The van der Waals surface area contributed by atoms with Crippen molar-refractivity contribution in [2.45, 2.75) is 20.0 Å². The first-order valence-electron chi connectivity index (χ1n) is 5.14. The number of ether oxygens (including phenoxy) is 1. The summed E-state index contributed by atoms with van der Waals surface area (Å²) in [5, 5.41) is 3.12. The fourth-order valence-corrected chi connectivity index (χ4v) is 1.66. The van der Waals surface area contributed by atoms with Crippen molar-refractivity contribution >= 4 is 27.3 Å². The van der Waals surface area contributed by atoms with Crippen molar-refractivity contribution in [3.05, 3.63) is 22.4 Å². The Balaban J connectivity index is 2.63. The van der Waals surface area contributed by atoms with Gasteiger partial charge in [0.05, 0.1) is 22.0 Å². The normalized spacial score (nSPS) is 12.5. The molecule has 0 saturated carbocycles. The molecule has 1 unspecified atom stereocenters. The van der Waals surface area contributed by atoms with Crippen molar-refractivity contribution in [3.8, 4) is 0 Å². The number of benzene rings is 1. The van der Waals surface area contributed by atoms with Gasteiger partial charge in [-0.05, 0) is 35.8 Å². The molecular formula is C11H16BrFN2O. The number of nitrogen functional groups attached to an aromatic ring is 1. The molecule has 0 aliphatic heterocycles. The zero-order chi connectivity index (χ0) is 12.1. The second kappa shape index (κ2) is 6.06. The summed E-state index contributed by atoms with van der Waals surface area (Å²) in [6.07, 6.45) is 0.0910. The molecule has 5 heteroatoms. The van der Waals surface area contributed by atoms with Crippen LogP contribution in [-0.4, -0.2) is 19.3 Å². The van der Waals surface area contributed by atoms with Crippen molar-refractivity contribution in [3.63, 3.8) is 0 Å². The molecule has 0 heterocycles. The number of hydrogen-bond donors (Lipinski definition) is 2. The molecule has 0 bridgehead atoms. The second-order valence-corrected chi connectivity index (χ2v) is 4.35. The predicted molar refractivity (Wildman–Crippen MR) is 68.1 cm³/mol. The molecule has 3 nitrogen and oxygen atoms in total. The van der Waals surface area contributed by atoms with E-state index in [-0.39, 0.29) is 11.9 Å². The number of nitrogens with one attached hydrogen (secondary N) is 1. The smallest absolute Gasteiger partial charge is 0.139 e. The molecule has 0 amide bonds. The summed E-state index contributed by atoms with van der Waals surface area (Å²) in [7, 11) is 0. The Morgan fingerprint density at radius 3 is 2.88 bits per heavy atom. The maximum Gasteiger partial charge on any atom is 0.139 e. The van der Waals surface area contributed by atoms with E-state index >= 15 is 0 Å². The highest BCUT2D eigenvalue weighted by atomic mass is 79.9. The molecule has 1 atom stereocenters. The number of nitrogens with two attached hydrogens (primary N) is 1. The van der Waals surface area contributed by atoms with Crippen LogP contribution < -0.4 is 11.1 Å². The van der Waals surface area contributed by atoms with Gasteiger partial charge in [0.1, 0.15) is 5.82 Å². The van der Waals surface area contributed by atoms with Crippen molar-refractivity contribution in [1.82, 2.24) is 0 Å². The van der Waals surface area contributed by atoms with E-state index in [0.717, 1.165) is 0 Å². The molecule has 1 aromatic carbocycles. The van der Waals surface area contributed by atoms with Crippen LogP contribution in [-0.2, 0) is 4.74 Å². The lowest BCUT2D eigenvalue weighted by Gasteiger charge is -2.15. The fourth-order valence-electron chi connectivity index (χ4n) is 1.31. The minimum absolute atomic E-state index is 0.0910. The van der Waals surface area contributed by atoms with Gasteiger partial charge in [0.15, 0.2) is 0 Å². The van der Waals surface area contributed by atoms with Crippen LogP contribution in [0.25, 0.3) is 0 Å². The molecule has 0 spiro atoms. The van der Waals surface area contributed by atoms with Gasteiger partial charge in [-0.25, -0.2) is 4.39 Å². The van der Waals surface area contributed by atoms with Crippen molar-refractivity contribution in [2.75, 3.05) is 24.2 Å². The lowest BCUT2D eigenvalue weighted by molar-refractivity contribution is 0.0855. The summed E-state index contributed by atoms with van der Waals surface area (Å²) in [5.41, 5.74) is 6.79. The predicted octanol–water partition coefficient (Wildman–Crippen LogP) is 3.01. The molecule has 0 aliphatic rings. The van der Waals surface area contributed by atoms with Crippen LogP contribution >= 0.6 is 15.9 Å². The van der Waals surface area contributed by atoms with E-state index < -0.39 is 0 Å². The van der Waals surface area contributed by atoms with Crippen LogP contribution in [0.1, 0.15) is 13.8 Å². The standard InChI is InChI=1S/C11H16BrFN2O/c1-3-16-7(2)6-15-11-4-8(12)9(13)5-10(11)14/h4-5,7,15H,3,6,14H2,1-2H3. The highest BCUT2D eigenvalue weighted by Gasteiger charge is 2.07. The third-order valence-electron chi connectivity index (χ3n) is 2.12. The molecule has 0 radical (unpaired) electrons. The van der Waals surface area contributed by atoms with Crippen molar-refractivity contribution in [2.24, 2.45) is 0 Å². The van der Waals surface area contributed by atoms with E-state index in [4.69, 9.17) is 10.5 Å². The largest absolute Gasteiger partial charge is 0.397 e. The van der Waals surface area contributed by atoms with Crippen LogP contribution in [0.2, 0.25) is 0 Å². The number of hydrogen-bond acceptors (Lipinski definition) is 3. The Kier molecular flexibility index (Phi) is 5.02. The Morgan fingerprint density at radius 1 is 1.56 bits per heavy atom. The quantitative estimate of drug-likeness (QED) is 0.820. The Morgan fingerprint density at radius 2 is 2.25 bits per heavy atom. The van der Waals surface area contributed by atoms with Crippen LogP contribution in [0.5, 0.6) is 0 Å². The minimum atomic E-state index is -0.360. The third kappa shape index (κ3) is 3.64. The van der Waals surface area contributed by atoms with Gasteiger partial charge in [-0.15, -0.1) is 0 Å². The Labute approximate surface area is 103 Å². The van der Waals surface area contributed by atoms with Gasteiger partial charge in [-0.1, -0.05) is 0 Å². The molecule has 0 aliphatic carbocycles. The van der Waals surface area contributed by atoms with Crippen LogP contribution in [0, 0.1) is 5.82 Å². The molecule has 16 heavy (non-hydrogen) atoms. The first-order chi connectivity index (χ1) is 7.54. The zero-order valence-electron chi connectivity index (χ0n) is 9.39. The van der Waals surface area contributed by atoms with E-state index in [1.54, 1.807) is 6.07 Å². The Bertz CT molecular complexity index is 360. The summed E-state index contributed by atoms with van der Waals surface area (Å²) in [6.45, 7) is 5.21. The molecule has 0 fully saturated rings. The first-order valence-corrected chi connectivity index (χ1v) is 5.93. The molecule has 0 aromatic heterocycles. The lowest BCUT2D eigenvalue weighted by Crippen LogP contribution is -2.20. The molecular weight excluding hydrogens is 275 g/mol. The highest BCUT2D eigenvalue weighted by Crippen LogP contribution is 2.26. The van der Waals surface area contributed by atoms with E-state index in [0.29, 0.717) is 29.0 Å². The monoisotopic (exact) mass is 290 g/mol. The highest BCUT2D eigenvalue weighted by molar-refractivity contribution is 9.10. The van der Waals surface area contributed by atoms with Gasteiger partial charge in [-0.3, -0.25) is 0 Å². The molecule has 3 N–H and O–H groups in total. The maximum atomic E-state index is 13.1. The van der Waals surface area contributed by atoms with Crippen LogP contribution in [0.4, 0.5) is 15.8 Å². The second-order valence-electron chi connectivity index (χ2n) is 3.50. The van der Waals surface area contributed by atoms with Crippen molar-refractivity contribution < 1.29 is 9.13 Å². The average molecular weight is 291 g/mol. The third-order valence-corrected chi connectivity index (χ3v) is 2.73. The topological polar surface area (TPSA) is 47.3 Å². The summed E-state index contributed by atoms with van der Waals surface area (Å²) >= 11 is 3.12. The lowest BCUT2D eigenvalue weighted by atomic mass is 10.2. The fraction of sp³-hybridized carbons (Fsp3) is 0.455. The van der Waals surface area contributed by atoms with Gasteiger partial charge in [0.2, 0.25) is 0 Å². The first kappa shape index (κ1) is 13.3. The average Bonchev–Trinajstić information content (AvgIpc) is 2.22. The zero-order valence-corrected chi connectivity index (χ0v) is 11.0. The van der Waals surface area contributed by atoms with Crippen LogP contribution in [0.15, 0.2) is 16.6 Å². The van der Waals surface area contributed by atoms with Gasteiger partial charge < -0.3 is 15.8 Å². The van der Waals surface area contributed by atoms with Crippen molar-refractivity contribution in [1.29, 1.82) is 0 Å². The van der Waals surface area contributed by atoms with E-state index in [1.165, 1.54) is 6.07 Å². The van der Waals surface area contributed by atoms with E-state index in [9.17, 15) is 4.39 Å². The number of rotatable bonds is 5. The SMILES string of the molecule is CCOC(C)CNc1cc(Br)c(F)cc1N. The molecule has 0 saturated heterocycles. The van der Waals surface area contributed by atoms with Gasteiger partial charge >= 0.3 is 0 Å². The summed E-state index contributed by atoms with van der Waals surface area (Å²) in [6, 6.07) is 2.92. The van der Waals surface area contributed by atoms with Gasteiger partial charge in [0.25, 0.3) is 0 Å². The molecule has 1 rings (SSSR count). The van der Waals surface area contributed by atoms with E-state index in [2.05, 4.69) is 21.2 Å². The maximum absolute atomic E-state index is 13.1. The Hall–Kier alpha value is -0.810. The summed E-state index contributed by atoms with van der Waals surface area (Å²) in [4.78, 5) is 0. The molecule has 90 valence electrons. The summed E-state index contributed by atoms with van der Waals surface area (Å²) in [5.74, 6) is -0.360. The number of halogens is 2. The number of anilines is 2. The van der Waals surface area contributed by atoms with Gasteiger partial charge in [-0.2, -0.15) is 0 Å². The summed E-state index contributed by atoms with van der Waals surface area (Å²) < 4.78 is 18.9. The molecule has 1 aromatic rings. The van der Waals surface area contributed by atoms with Gasteiger partial charge in [0, 0.05) is 19.2 Å². The minimum Gasteiger partial charge on any atom is -0.397 e. The van der Waals surface area contributed by atoms with E-state index in [1.807, 2.05) is 13.8 Å². The van der Waals surface area contributed by atoms with Crippen LogP contribution in [0.3, 0.4) is 0 Å².